The van der Waals surface area contributed by atoms with Crippen molar-refractivity contribution in [3.63, 3.8) is 0 Å². The van der Waals surface area contributed by atoms with Gasteiger partial charge in [-0.15, -0.1) is 0 Å². The van der Waals surface area contributed by atoms with Crippen LogP contribution >= 0.6 is 0 Å². The molecular weight excluding hydrogens is 245 g/mol. The topological polar surface area (TPSA) is 44.4 Å². The van der Waals surface area contributed by atoms with Gasteiger partial charge >= 0.3 is 0 Å². The van der Waals surface area contributed by atoms with Gasteiger partial charge < -0.3 is 15.5 Å². The minimum absolute atomic E-state index is 0.0155. The average molecular weight is 265 g/mol. The summed E-state index contributed by atoms with van der Waals surface area (Å²) >= 11 is 0. The van der Waals surface area contributed by atoms with Crippen LogP contribution in [0.2, 0.25) is 0 Å². The molecule has 0 radical (unpaired) electrons. The molecule has 0 atom stereocenters. The van der Waals surface area contributed by atoms with E-state index in [1.54, 1.807) is 6.07 Å². The van der Waals surface area contributed by atoms with Crippen molar-refractivity contribution in [2.75, 3.05) is 24.5 Å². The number of carbonyl (C=O) groups excluding carboxylic acids is 1. The number of hydrogen-bond donors (Lipinski definition) is 2. The maximum Gasteiger partial charge on any atom is 0.239 e. The van der Waals surface area contributed by atoms with Gasteiger partial charge in [0, 0.05) is 36.9 Å². The molecule has 0 aliphatic carbocycles. The Balaban J connectivity index is 2.23. The quantitative estimate of drug-likeness (QED) is 0.861. The van der Waals surface area contributed by atoms with E-state index in [-0.39, 0.29) is 24.3 Å². The highest BCUT2D eigenvalue weighted by Crippen LogP contribution is 2.23. The Bertz CT molecular complexity index is 462. The zero-order chi connectivity index (χ0) is 13.8. The number of nitrogens with zero attached hydrogens (tertiary/aromatic N) is 1. The number of rotatable bonds is 4. The molecule has 1 heterocycles. The normalized spacial score (nSPS) is 15.8. The summed E-state index contributed by atoms with van der Waals surface area (Å²) in [6.45, 7) is 6.12. The van der Waals surface area contributed by atoms with Crippen molar-refractivity contribution in [2.24, 2.45) is 0 Å². The maximum absolute atomic E-state index is 14.0. The monoisotopic (exact) mass is 265 g/mol. The van der Waals surface area contributed by atoms with Crippen molar-refractivity contribution in [3.05, 3.63) is 29.6 Å². The van der Waals surface area contributed by atoms with Crippen LogP contribution in [0.5, 0.6) is 0 Å². The first-order chi connectivity index (χ1) is 9.08. The predicted octanol–water partition coefficient (Wildman–Crippen LogP) is 1.26. The first kappa shape index (κ1) is 13.8. The molecule has 0 aromatic heterocycles. The van der Waals surface area contributed by atoms with Crippen molar-refractivity contribution >= 4 is 11.6 Å². The van der Waals surface area contributed by atoms with E-state index in [2.05, 4.69) is 10.6 Å². The molecule has 1 saturated heterocycles. The smallest absolute Gasteiger partial charge is 0.239 e. The Morgan fingerprint density at radius 1 is 1.47 bits per heavy atom. The van der Waals surface area contributed by atoms with Crippen molar-refractivity contribution in [1.29, 1.82) is 0 Å². The van der Waals surface area contributed by atoms with Gasteiger partial charge in [0.1, 0.15) is 5.82 Å². The van der Waals surface area contributed by atoms with Crippen LogP contribution in [-0.4, -0.2) is 31.6 Å². The molecular formula is C14H20FN3O. The molecule has 104 valence electrons. The van der Waals surface area contributed by atoms with Gasteiger partial charge in [0.15, 0.2) is 0 Å². The number of carbonyl (C=O) groups is 1. The summed E-state index contributed by atoms with van der Waals surface area (Å²) in [5, 5.41) is 6.00. The molecule has 1 aromatic carbocycles. The number of anilines is 1. The molecule has 0 saturated carbocycles. The zero-order valence-corrected chi connectivity index (χ0v) is 11.4. The Labute approximate surface area is 113 Å². The summed E-state index contributed by atoms with van der Waals surface area (Å²) < 4.78 is 14.0. The largest absolute Gasteiger partial charge is 0.360 e. The number of nitrogens with one attached hydrogen (secondary N) is 2. The Morgan fingerprint density at radius 2 is 2.26 bits per heavy atom. The molecule has 0 spiro atoms. The van der Waals surface area contributed by atoms with Crippen LogP contribution in [0.3, 0.4) is 0 Å². The molecule has 4 nitrogen and oxygen atoms in total. The molecule has 5 heteroatoms. The van der Waals surface area contributed by atoms with E-state index in [0.717, 1.165) is 5.69 Å². The fourth-order valence-corrected chi connectivity index (χ4v) is 2.17. The number of halogens is 1. The van der Waals surface area contributed by atoms with Gasteiger partial charge in [0.25, 0.3) is 0 Å². The summed E-state index contributed by atoms with van der Waals surface area (Å²) in [5.41, 5.74) is 1.44. The van der Waals surface area contributed by atoms with E-state index in [4.69, 9.17) is 0 Å². The summed E-state index contributed by atoms with van der Waals surface area (Å²) in [7, 11) is 0. The Morgan fingerprint density at radius 3 is 2.95 bits per heavy atom. The van der Waals surface area contributed by atoms with Gasteiger partial charge in [-0.3, -0.25) is 4.79 Å². The first-order valence-corrected chi connectivity index (χ1v) is 6.60. The van der Waals surface area contributed by atoms with Crippen LogP contribution < -0.4 is 15.5 Å². The van der Waals surface area contributed by atoms with Crippen LogP contribution in [0.15, 0.2) is 18.2 Å². The molecule has 0 unspecified atom stereocenters. The fraction of sp³-hybridized carbons (Fsp3) is 0.500. The van der Waals surface area contributed by atoms with Gasteiger partial charge in [0.05, 0.1) is 6.54 Å². The lowest BCUT2D eigenvalue weighted by Crippen LogP contribution is -2.48. The van der Waals surface area contributed by atoms with Crippen LogP contribution in [0.4, 0.5) is 10.1 Å². The zero-order valence-electron chi connectivity index (χ0n) is 11.4. The van der Waals surface area contributed by atoms with Crippen LogP contribution in [0.1, 0.15) is 19.4 Å². The standard InChI is InChI=1S/C14H20FN3O/c1-10(2)17-8-11-12(15)4-3-5-13(11)18-7-6-16-14(19)9-18/h3-5,10,17H,6-9H2,1-2H3,(H,16,19). The molecule has 19 heavy (non-hydrogen) atoms. The van der Waals surface area contributed by atoms with E-state index >= 15 is 0 Å². The summed E-state index contributed by atoms with van der Waals surface area (Å²) in [6.07, 6.45) is 0. The van der Waals surface area contributed by atoms with Gasteiger partial charge in [-0.2, -0.15) is 0 Å². The van der Waals surface area contributed by atoms with Crippen molar-refractivity contribution in [1.82, 2.24) is 10.6 Å². The van der Waals surface area contributed by atoms with Crippen molar-refractivity contribution in [2.45, 2.75) is 26.4 Å². The van der Waals surface area contributed by atoms with Gasteiger partial charge in [-0.25, -0.2) is 4.39 Å². The molecule has 1 aromatic rings. The second kappa shape index (κ2) is 6.02. The molecule has 1 aliphatic rings. The second-order valence-corrected chi connectivity index (χ2v) is 5.04. The van der Waals surface area contributed by atoms with Crippen molar-refractivity contribution in [3.8, 4) is 0 Å². The van der Waals surface area contributed by atoms with Crippen LogP contribution in [-0.2, 0) is 11.3 Å². The molecule has 2 N–H and O–H groups in total. The Hall–Kier alpha value is -1.62. The number of amides is 1. The third-order valence-corrected chi connectivity index (χ3v) is 3.16. The second-order valence-electron chi connectivity index (χ2n) is 5.04. The molecule has 1 aliphatic heterocycles. The Kier molecular flexibility index (Phi) is 4.37. The average Bonchev–Trinajstić information content (AvgIpc) is 2.37. The molecule has 2 rings (SSSR count). The number of piperazine rings is 1. The highest BCUT2D eigenvalue weighted by atomic mass is 19.1. The molecule has 1 amide bonds. The van der Waals surface area contributed by atoms with Crippen LogP contribution in [0, 0.1) is 5.82 Å². The van der Waals surface area contributed by atoms with E-state index in [1.165, 1.54) is 6.07 Å². The third-order valence-electron chi connectivity index (χ3n) is 3.16. The lowest BCUT2D eigenvalue weighted by atomic mass is 10.1. The third kappa shape index (κ3) is 3.44. The van der Waals surface area contributed by atoms with E-state index in [0.29, 0.717) is 25.2 Å². The van der Waals surface area contributed by atoms with E-state index < -0.39 is 0 Å². The van der Waals surface area contributed by atoms with Gasteiger partial charge in [-0.05, 0) is 12.1 Å². The minimum atomic E-state index is -0.225. The van der Waals surface area contributed by atoms with Gasteiger partial charge in [-0.1, -0.05) is 19.9 Å². The van der Waals surface area contributed by atoms with E-state index in [1.807, 2.05) is 24.8 Å². The molecule has 1 fully saturated rings. The summed E-state index contributed by atoms with van der Waals surface area (Å²) in [5.74, 6) is -0.241. The lowest BCUT2D eigenvalue weighted by Gasteiger charge is -2.30. The highest BCUT2D eigenvalue weighted by molar-refractivity contribution is 5.83. The number of hydrogen-bond acceptors (Lipinski definition) is 3. The van der Waals surface area contributed by atoms with Gasteiger partial charge in [0.2, 0.25) is 5.91 Å². The maximum atomic E-state index is 14.0. The first-order valence-electron chi connectivity index (χ1n) is 6.60. The lowest BCUT2D eigenvalue weighted by molar-refractivity contribution is -0.120. The summed E-state index contributed by atoms with van der Waals surface area (Å²) in [6, 6.07) is 5.32. The highest BCUT2D eigenvalue weighted by Gasteiger charge is 2.20. The van der Waals surface area contributed by atoms with E-state index in [9.17, 15) is 9.18 Å². The van der Waals surface area contributed by atoms with Crippen LogP contribution in [0.25, 0.3) is 0 Å². The SMILES string of the molecule is CC(C)NCc1c(F)cccc1N1CCNC(=O)C1. The summed E-state index contributed by atoms with van der Waals surface area (Å²) in [4.78, 5) is 13.4. The van der Waals surface area contributed by atoms with Crippen molar-refractivity contribution < 1.29 is 9.18 Å². The minimum Gasteiger partial charge on any atom is -0.360 e. The fourth-order valence-electron chi connectivity index (χ4n) is 2.17. The molecule has 0 bridgehead atoms. The number of benzene rings is 1. The predicted molar refractivity (Wildman–Crippen MR) is 73.6 cm³/mol.